The first kappa shape index (κ1) is 12.2. The van der Waals surface area contributed by atoms with Crippen LogP contribution in [0.3, 0.4) is 0 Å². The molecule has 1 aromatic rings. The topological polar surface area (TPSA) is 50.1 Å². The van der Waals surface area contributed by atoms with Gasteiger partial charge in [-0.25, -0.2) is 0 Å². The van der Waals surface area contributed by atoms with Crippen LogP contribution in [0.1, 0.15) is 55.0 Å². The lowest BCUT2D eigenvalue weighted by Crippen LogP contribution is -2.25. The van der Waals surface area contributed by atoms with Gasteiger partial charge in [0.25, 0.3) is 0 Å². The van der Waals surface area contributed by atoms with Crippen molar-refractivity contribution in [2.45, 2.75) is 57.5 Å². The minimum atomic E-state index is 0.186. The third-order valence-corrected chi connectivity index (χ3v) is 4.34. The third-order valence-electron chi connectivity index (χ3n) is 4.34. The molecule has 2 heterocycles. The predicted octanol–water partition coefficient (Wildman–Crippen LogP) is 1.57. The highest BCUT2D eigenvalue weighted by molar-refractivity contribution is 5.31. The summed E-state index contributed by atoms with van der Waals surface area (Å²) in [4.78, 5) is 0. The van der Waals surface area contributed by atoms with Gasteiger partial charge >= 0.3 is 0 Å². The molecule has 2 aliphatic rings. The number of aliphatic hydroxyl groups is 1. The van der Waals surface area contributed by atoms with Gasteiger partial charge in [-0.1, -0.05) is 19.3 Å². The highest BCUT2D eigenvalue weighted by Gasteiger charge is 2.26. The Hall–Kier alpha value is -0.870. The third kappa shape index (κ3) is 2.19. The van der Waals surface area contributed by atoms with Gasteiger partial charge in [-0.15, -0.1) is 0 Å². The van der Waals surface area contributed by atoms with Gasteiger partial charge in [0.2, 0.25) is 0 Å². The summed E-state index contributed by atoms with van der Waals surface area (Å²) >= 11 is 0. The number of aromatic nitrogens is 2. The molecular weight excluding hydrogens is 226 g/mol. The molecule has 0 amide bonds. The van der Waals surface area contributed by atoms with E-state index in [-0.39, 0.29) is 6.61 Å². The first-order chi connectivity index (χ1) is 8.90. The SMILES string of the molecule is OCCn1nc(C2CCCCC2)c2c1CCNC2. The first-order valence-corrected chi connectivity index (χ1v) is 7.30. The molecule has 0 aromatic carbocycles. The number of rotatable bonds is 3. The van der Waals surface area contributed by atoms with Crippen LogP contribution >= 0.6 is 0 Å². The summed E-state index contributed by atoms with van der Waals surface area (Å²) in [6.45, 7) is 2.83. The Labute approximate surface area is 108 Å². The molecule has 4 heteroatoms. The molecule has 0 unspecified atom stereocenters. The van der Waals surface area contributed by atoms with E-state index in [0.717, 1.165) is 19.5 Å². The summed E-state index contributed by atoms with van der Waals surface area (Å²) in [5.41, 5.74) is 4.12. The molecule has 0 radical (unpaired) electrons. The fraction of sp³-hybridized carbons (Fsp3) is 0.786. The van der Waals surface area contributed by atoms with Gasteiger partial charge in [0.05, 0.1) is 18.8 Å². The molecule has 1 aliphatic heterocycles. The van der Waals surface area contributed by atoms with Crippen LogP contribution in [0.5, 0.6) is 0 Å². The lowest BCUT2D eigenvalue weighted by atomic mass is 9.84. The van der Waals surface area contributed by atoms with Gasteiger partial charge in [0.1, 0.15) is 0 Å². The first-order valence-electron chi connectivity index (χ1n) is 7.30. The van der Waals surface area contributed by atoms with E-state index < -0.39 is 0 Å². The number of nitrogens with zero attached hydrogens (tertiary/aromatic N) is 2. The zero-order valence-corrected chi connectivity index (χ0v) is 11.0. The molecule has 3 rings (SSSR count). The zero-order valence-electron chi connectivity index (χ0n) is 11.0. The molecule has 0 atom stereocenters. The van der Waals surface area contributed by atoms with Crippen LogP contribution < -0.4 is 5.32 Å². The van der Waals surface area contributed by atoms with Gasteiger partial charge in [-0.3, -0.25) is 4.68 Å². The minimum absolute atomic E-state index is 0.186. The molecular formula is C14H23N3O. The van der Waals surface area contributed by atoms with Crippen molar-refractivity contribution < 1.29 is 5.11 Å². The predicted molar refractivity (Wildman–Crippen MR) is 70.5 cm³/mol. The largest absolute Gasteiger partial charge is 0.394 e. The van der Waals surface area contributed by atoms with Crippen molar-refractivity contribution in [1.82, 2.24) is 15.1 Å². The van der Waals surface area contributed by atoms with E-state index in [1.165, 1.54) is 49.1 Å². The number of hydrogen-bond acceptors (Lipinski definition) is 3. The van der Waals surface area contributed by atoms with Crippen LogP contribution in [0, 0.1) is 0 Å². The molecule has 4 nitrogen and oxygen atoms in total. The monoisotopic (exact) mass is 249 g/mol. The zero-order chi connectivity index (χ0) is 12.4. The number of aliphatic hydroxyl groups excluding tert-OH is 1. The summed E-state index contributed by atoms with van der Waals surface area (Å²) in [5, 5.41) is 17.4. The second kappa shape index (κ2) is 5.41. The molecule has 18 heavy (non-hydrogen) atoms. The second-order valence-corrected chi connectivity index (χ2v) is 5.52. The summed E-state index contributed by atoms with van der Waals surface area (Å²) in [5.74, 6) is 0.660. The standard InChI is InChI=1S/C14H23N3O/c18-9-8-17-13-6-7-15-10-12(13)14(16-17)11-4-2-1-3-5-11/h11,15,18H,1-10H2. The Morgan fingerprint density at radius 3 is 2.89 bits per heavy atom. The van der Waals surface area contributed by atoms with Crippen LogP contribution in [0.2, 0.25) is 0 Å². The quantitative estimate of drug-likeness (QED) is 0.855. The average molecular weight is 249 g/mol. The van der Waals surface area contributed by atoms with Crippen molar-refractivity contribution in [3.63, 3.8) is 0 Å². The van der Waals surface area contributed by atoms with Crippen molar-refractivity contribution in [2.24, 2.45) is 0 Å². The maximum Gasteiger partial charge on any atom is 0.0703 e. The van der Waals surface area contributed by atoms with E-state index in [0.29, 0.717) is 12.5 Å². The van der Waals surface area contributed by atoms with Gasteiger partial charge in [0.15, 0.2) is 0 Å². The summed E-state index contributed by atoms with van der Waals surface area (Å²) in [7, 11) is 0. The van der Waals surface area contributed by atoms with E-state index >= 15 is 0 Å². The van der Waals surface area contributed by atoms with Crippen LogP contribution in [0.15, 0.2) is 0 Å². The van der Waals surface area contributed by atoms with Crippen molar-refractivity contribution in [1.29, 1.82) is 0 Å². The van der Waals surface area contributed by atoms with Crippen molar-refractivity contribution in [2.75, 3.05) is 13.2 Å². The maximum atomic E-state index is 9.16. The number of nitrogens with one attached hydrogen (secondary N) is 1. The van der Waals surface area contributed by atoms with Crippen LogP contribution in [0.4, 0.5) is 0 Å². The summed E-state index contributed by atoms with van der Waals surface area (Å²) in [6, 6.07) is 0. The Morgan fingerprint density at radius 2 is 2.11 bits per heavy atom. The van der Waals surface area contributed by atoms with Crippen LogP contribution in [-0.2, 0) is 19.5 Å². The van der Waals surface area contributed by atoms with E-state index in [2.05, 4.69) is 10.00 Å². The molecule has 0 saturated heterocycles. The van der Waals surface area contributed by atoms with Gasteiger partial charge in [0, 0.05) is 36.7 Å². The number of fused-ring (bicyclic) bond motifs is 1. The Bertz CT molecular complexity index is 407. The fourth-order valence-electron chi connectivity index (χ4n) is 3.43. The summed E-state index contributed by atoms with van der Waals surface area (Å²) < 4.78 is 2.06. The van der Waals surface area contributed by atoms with E-state index in [1.54, 1.807) is 0 Å². The Kier molecular flexibility index (Phi) is 3.66. The lowest BCUT2D eigenvalue weighted by molar-refractivity contribution is 0.266. The molecule has 1 fully saturated rings. The minimum Gasteiger partial charge on any atom is -0.394 e. The Morgan fingerprint density at radius 1 is 1.28 bits per heavy atom. The van der Waals surface area contributed by atoms with E-state index in [9.17, 15) is 0 Å². The fourth-order valence-corrected chi connectivity index (χ4v) is 3.43. The van der Waals surface area contributed by atoms with Gasteiger partial charge in [-0.05, 0) is 12.8 Å². The maximum absolute atomic E-state index is 9.16. The van der Waals surface area contributed by atoms with Crippen molar-refractivity contribution in [3.8, 4) is 0 Å². The molecule has 0 spiro atoms. The molecule has 1 aromatic heterocycles. The summed E-state index contributed by atoms with van der Waals surface area (Å²) in [6.07, 6.45) is 7.72. The lowest BCUT2D eigenvalue weighted by Gasteiger charge is -2.22. The second-order valence-electron chi connectivity index (χ2n) is 5.52. The van der Waals surface area contributed by atoms with Crippen LogP contribution in [0.25, 0.3) is 0 Å². The van der Waals surface area contributed by atoms with E-state index in [4.69, 9.17) is 10.2 Å². The van der Waals surface area contributed by atoms with Crippen molar-refractivity contribution >= 4 is 0 Å². The molecule has 2 N–H and O–H groups in total. The smallest absolute Gasteiger partial charge is 0.0703 e. The average Bonchev–Trinajstić information content (AvgIpc) is 2.80. The molecule has 1 saturated carbocycles. The normalized spacial score (nSPS) is 20.9. The van der Waals surface area contributed by atoms with Crippen molar-refractivity contribution in [3.05, 3.63) is 17.0 Å². The molecule has 0 bridgehead atoms. The van der Waals surface area contributed by atoms with E-state index in [1.807, 2.05) is 0 Å². The van der Waals surface area contributed by atoms with Gasteiger partial charge in [-0.2, -0.15) is 5.10 Å². The highest BCUT2D eigenvalue weighted by atomic mass is 16.3. The molecule has 100 valence electrons. The Balaban J connectivity index is 1.92. The van der Waals surface area contributed by atoms with Crippen LogP contribution in [-0.4, -0.2) is 28.0 Å². The van der Waals surface area contributed by atoms with Gasteiger partial charge < -0.3 is 10.4 Å². The molecule has 1 aliphatic carbocycles. The number of hydrogen-bond donors (Lipinski definition) is 2. The highest BCUT2D eigenvalue weighted by Crippen LogP contribution is 2.35.